The van der Waals surface area contributed by atoms with Gasteiger partial charge in [0, 0.05) is 18.6 Å². The fourth-order valence-electron chi connectivity index (χ4n) is 3.35. The van der Waals surface area contributed by atoms with Crippen molar-refractivity contribution in [1.29, 1.82) is 0 Å². The van der Waals surface area contributed by atoms with Gasteiger partial charge in [-0.3, -0.25) is 0 Å². The highest BCUT2D eigenvalue weighted by Gasteiger charge is 2.22. The van der Waals surface area contributed by atoms with Crippen LogP contribution in [0.1, 0.15) is 32.6 Å². The number of para-hydroxylation sites is 2. The molecule has 0 radical (unpaired) electrons. The molecule has 2 aromatic heterocycles. The van der Waals surface area contributed by atoms with E-state index < -0.39 is 14.5 Å². The molecule has 0 N–H and O–H groups in total. The van der Waals surface area contributed by atoms with Gasteiger partial charge in [0.15, 0.2) is 23.4 Å². The summed E-state index contributed by atoms with van der Waals surface area (Å²) in [5.41, 5.74) is 3.79. The highest BCUT2D eigenvalue weighted by molar-refractivity contribution is 6.50. The number of unbranched alkanes of at least 4 members (excludes halogenated alkanes) is 3. The highest BCUT2D eigenvalue weighted by Crippen LogP contribution is 2.20. The molecular weight excluding hydrogens is 456 g/mol. The summed E-state index contributed by atoms with van der Waals surface area (Å²) in [5.74, 6) is 1.24. The molecule has 0 saturated heterocycles. The smallest absolute Gasteiger partial charge is 0.418 e. The normalized spacial score (nSPS) is 11.5. The van der Waals surface area contributed by atoms with E-state index >= 15 is 0 Å². The minimum atomic E-state index is -6.00. The lowest BCUT2D eigenvalue weighted by molar-refractivity contribution is -0.697. The molecule has 0 aliphatic heterocycles. The SMILES string of the molecule is CCCCCC[n+]1ccc(-c2n(C)c3ccccc3[n+]2C)cc1.F[B-](F)(F)F.F[B-](F)(F)F. The van der Waals surface area contributed by atoms with Gasteiger partial charge in [-0.15, -0.1) is 0 Å². The number of nitrogens with zero attached hydrogens (tertiary/aromatic N) is 3. The molecule has 3 aromatic rings. The van der Waals surface area contributed by atoms with E-state index in [1.54, 1.807) is 0 Å². The minimum absolute atomic E-state index is 1.11. The third-order valence-electron chi connectivity index (χ3n) is 4.66. The van der Waals surface area contributed by atoms with E-state index in [4.69, 9.17) is 0 Å². The molecular formula is C20H27B2F8N3. The Labute approximate surface area is 187 Å². The van der Waals surface area contributed by atoms with Crippen LogP contribution in [-0.4, -0.2) is 19.1 Å². The number of fused-ring (bicyclic) bond motifs is 1. The zero-order valence-electron chi connectivity index (χ0n) is 18.7. The first-order valence-corrected chi connectivity index (χ1v) is 10.4. The van der Waals surface area contributed by atoms with Crippen LogP contribution in [-0.2, 0) is 20.6 Å². The number of hydrogen-bond acceptors (Lipinski definition) is 0. The van der Waals surface area contributed by atoms with Crippen LogP contribution < -0.4 is 9.13 Å². The molecule has 0 amide bonds. The lowest BCUT2D eigenvalue weighted by Crippen LogP contribution is -2.33. The second-order valence-corrected chi connectivity index (χ2v) is 7.31. The molecule has 0 unspecified atom stereocenters. The monoisotopic (exact) mass is 483 g/mol. The Balaban J connectivity index is 0.000000460. The fourth-order valence-corrected chi connectivity index (χ4v) is 3.35. The van der Waals surface area contributed by atoms with Crippen molar-refractivity contribution in [1.82, 2.24) is 4.57 Å². The maximum Gasteiger partial charge on any atom is 0.673 e. The Morgan fingerprint density at radius 1 is 0.788 bits per heavy atom. The molecule has 0 saturated carbocycles. The third kappa shape index (κ3) is 11.2. The quantitative estimate of drug-likeness (QED) is 0.173. The van der Waals surface area contributed by atoms with E-state index in [-0.39, 0.29) is 0 Å². The first-order valence-electron chi connectivity index (χ1n) is 10.4. The van der Waals surface area contributed by atoms with Gasteiger partial charge in [0.1, 0.15) is 6.54 Å². The Bertz CT molecular complexity index is 923. The maximum absolute atomic E-state index is 9.75. The van der Waals surface area contributed by atoms with Crippen LogP contribution in [0.4, 0.5) is 34.5 Å². The van der Waals surface area contributed by atoms with Crippen molar-refractivity contribution in [2.45, 2.75) is 39.2 Å². The van der Waals surface area contributed by atoms with Crippen LogP contribution in [0.25, 0.3) is 22.4 Å². The molecule has 2 heterocycles. The predicted molar refractivity (Wildman–Crippen MR) is 114 cm³/mol. The molecule has 13 heteroatoms. The second kappa shape index (κ2) is 12.6. The topological polar surface area (TPSA) is 12.7 Å². The summed E-state index contributed by atoms with van der Waals surface area (Å²) in [4.78, 5) is 0. The van der Waals surface area contributed by atoms with Crippen LogP contribution in [0.3, 0.4) is 0 Å². The van der Waals surface area contributed by atoms with Gasteiger partial charge in [0.25, 0.3) is 5.82 Å². The van der Waals surface area contributed by atoms with Crippen molar-refractivity contribution < 1.29 is 43.7 Å². The van der Waals surface area contributed by atoms with Crippen LogP contribution >= 0.6 is 0 Å². The molecule has 184 valence electrons. The van der Waals surface area contributed by atoms with Crippen molar-refractivity contribution in [3.8, 4) is 11.4 Å². The average molecular weight is 483 g/mol. The summed E-state index contributed by atoms with van der Waals surface area (Å²) in [7, 11) is -7.72. The molecule has 0 aliphatic carbocycles. The lowest BCUT2D eigenvalue weighted by Gasteiger charge is -2.00. The predicted octanol–water partition coefficient (Wildman–Crippen LogP) is 6.14. The molecule has 0 bridgehead atoms. The van der Waals surface area contributed by atoms with E-state index in [9.17, 15) is 34.5 Å². The summed E-state index contributed by atoms with van der Waals surface area (Å²) in [6.45, 7) is 3.37. The second-order valence-electron chi connectivity index (χ2n) is 7.31. The maximum atomic E-state index is 9.75. The first-order chi connectivity index (χ1) is 15.2. The Morgan fingerprint density at radius 3 is 1.79 bits per heavy atom. The van der Waals surface area contributed by atoms with Crippen molar-refractivity contribution in [2.75, 3.05) is 0 Å². The van der Waals surface area contributed by atoms with E-state index in [2.05, 4.69) is 83.5 Å². The minimum Gasteiger partial charge on any atom is -0.418 e. The first kappa shape index (κ1) is 28.4. The Kier molecular flexibility index (Phi) is 10.9. The number of aromatic nitrogens is 3. The van der Waals surface area contributed by atoms with E-state index in [0.29, 0.717) is 0 Å². The number of hydrogen-bond donors (Lipinski definition) is 0. The summed E-state index contributed by atoms with van der Waals surface area (Å²) < 4.78 is 84.8. The van der Waals surface area contributed by atoms with Gasteiger partial charge in [0.05, 0.1) is 19.7 Å². The zero-order valence-corrected chi connectivity index (χ0v) is 18.7. The number of benzene rings is 1. The van der Waals surface area contributed by atoms with Crippen LogP contribution in [0.15, 0.2) is 48.8 Å². The van der Waals surface area contributed by atoms with Gasteiger partial charge in [-0.05, 0) is 18.6 Å². The average Bonchev–Trinajstić information content (AvgIpc) is 2.94. The molecule has 0 atom stereocenters. The molecule has 0 aliphatic rings. The van der Waals surface area contributed by atoms with Crippen molar-refractivity contribution in [3.05, 3.63) is 48.8 Å². The number of pyridine rings is 1. The molecule has 1 aromatic carbocycles. The van der Waals surface area contributed by atoms with Gasteiger partial charge in [-0.1, -0.05) is 31.9 Å². The van der Waals surface area contributed by atoms with E-state index in [1.165, 1.54) is 48.1 Å². The van der Waals surface area contributed by atoms with Crippen LogP contribution in [0, 0.1) is 0 Å². The molecule has 3 nitrogen and oxygen atoms in total. The van der Waals surface area contributed by atoms with Crippen molar-refractivity contribution in [2.24, 2.45) is 14.1 Å². The highest BCUT2D eigenvalue weighted by atomic mass is 19.5. The molecule has 33 heavy (non-hydrogen) atoms. The Hall–Kier alpha value is -2.59. The molecule has 0 spiro atoms. The van der Waals surface area contributed by atoms with Crippen LogP contribution in [0.5, 0.6) is 0 Å². The molecule has 3 rings (SSSR count). The van der Waals surface area contributed by atoms with Crippen molar-refractivity contribution in [3.63, 3.8) is 0 Å². The summed E-state index contributed by atoms with van der Waals surface area (Å²) in [6, 6.07) is 13.0. The molecule has 0 fully saturated rings. The van der Waals surface area contributed by atoms with E-state index in [0.717, 1.165) is 6.54 Å². The fraction of sp³-hybridized carbons (Fsp3) is 0.400. The Morgan fingerprint density at radius 2 is 1.30 bits per heavy atom. The lowest BCUT2D eigenvalue weighted by atomic mass is 10.2. The summed E-state index contributed by atoms with van der Waals surface area (Å²) in [6.07, 6.45) is 9.63. The summed E-state index contributed by atoms with van der Waals surface area (Å²) in [5, 5.41) is 0. The van der Waals surface area contributed by atoms with Gasteiger partial charge in [-0.25, -0.2) is 13.7 Å². The van der Waals surface area contributed by atoms with E-state index in [1.807, 2.05) is 0 Å². The van der Waals surface area contributed by atoms with Crippen LogP contribution in [0.2, 0.25) is 0 Å². The van der Waals surface area contributed by atoms with Crippen molar-refractivity contribution >= 4 is 25.5 Å². The number of rotatable bonds is 6. The van der Waals surface area contributed by atoms with Gasteiger partial charge in [-0.2, -0.15) is 0 Å². The standard InChI is InChI=1S/C20H27N3.2BF4/c1-4-5-6-9-14-23-15-12-17(13-16-23)20-21(2)18-10-7-8-11-19(18)22(20)3;2*2-1(3,4)5/h7-8,10-13,15-16H,4-6,9,14H2,1-3H3;;/q+2;2*-1. The van der Waals surface area contributed by atoms with Gasteiger partial charge < -0.3 is 34.5 Å². The zero-order chi connectivity index (χ0) is 25.2. The third-order valence-corrected chi connectivity index (χ3v) is 4.66. The number of halogens is 8. The number of aryl methyl sites for hydroxylation is 3. The van der Waals surface area contributed by atoms with Gasteiger partial charge >= 0.3 is 14.5 Å². The summed E-state index contributed by atoms with van der Waals surface area (Å²) >= 11 is 0. The largest absolute Gasteiger partial charge is 0.673 e. The number of imidazole rings is 1. The van der Waals surface area contributed by atoms with Gasteiger partial charge in [0.2, 0.25) is 0 Å².